The molecule has 3 rings (SSSR count). The number of nitrogens with zero attached hydrogens (tertiary/aromatic N) is 2. The van der Waals surface area contributed by atoms with Gasteiger partial charge in [0, 0.05) is 17.3 Å². The minimum Gasteiger partial charge on any atom is -0.325 e. The van der Waals surface area contributed by atoms with Crippen LogP contribution in [0.15, 0.2) is 52.4 Å². The van der Waals surface area contributed by atoms with Crippen LogP contribution in [0.4, 0.5) is 5.69 Å². The summed E-state index contributed by atoms with van der Waals surface area (Å²) in [5.41, 5.74) is 2.18. The fraction of sp³-hybridized carbons (Fsp3) is 0.286. The van der Waals surface area contributed by atoms with Crippen LogP contribution in [0.3, 0.4) is 0 Å². The van der Waals surface area contributed by atoms with Crippen molar-refractivity contribution in [3.05, 3.63) is 63.4 Å². The molecule has 0 fully saturated rings. The SMILES string of the molecule is CCC(Sc1nc2ccccc2c(=O)n1CC)C(=O)Nc1cc(Cl)ccc1C. The van der Waals surface area contributed by atoms with E-state index in [1.807, 2.05) is 45.0 Å². The van der Waals surface area contributed by atoms with Crippen molar-refractivity contribution in [1.29, 1.82) is 0 Å². The Morgan fingerprint density at radius 1 is 1.25 bits per heavy atom. The molecule has 0 bridgehead atoms. The quantitative estimate of drug-likeness (QED) is 0.460. The normalized spacial score (nSPS) is 12.1. The zero-order chi connectivity index (χ0) is 20.3. The number of thioether (sulfide) groups is 1. The molecule has 0 aliphatic carbocycles. The van der Waals surface area contributed by atoms with Crippen LogP contribution in [-0.2, 0) is 11.3 Å². The number of aromatic nitrogens is 2. The molecule has 1 N–H and O–H groups in total. The number of carbonyl (C=O) groups excluding carboxylic acids is 1. The second-order valence-electron chi connectivity index (χ2n) is 6.42. The van der Waals surface area contributed by atoms with Crippen molar-refractivity contribution in [1.82, 2.24) is 9.55 Å². The number of para-hydroxylation sites is 1. The van der Waals surface area contributed by atoms with Crippen LogP contribution < -0.4 is 10.9 Å². The van der Waals surface area contributed by atoms with Gasteiger partial charge in [0.2, 0.25) is 5.91 Å². The number of carbonyl (C=O) groups is 1. The van der Waals surface area contributed by atoms with Gasteiger partial charge >= 0.3 is 0 Å². The summed E-state index contributed by atoms with van der Waals surface area (Å²) >= 11 is 7.36. The molecular formula is C21H22ClN3O2S. The van der Waals surface area contributed by atoms with Gasteiger partial charge in [-0.15, -0.1) is 0 Å². The molecule has 0 saturated heterocycles. The summed E-state index contributed by atoms with van der Waals surface area (Å²) in [5, 5.41) is 4.27. The van der Waals surface area contributed by atoms with Gasteiger partial charge in [0.1, 0.15) is 0 Å². The van der Waals surface area contributed by atoms with Gasteiger partial charge in [0.15, 0.2) is 5.16 Å². The Hall–Kier alpha value is -2.31. The zero-order valence-corrected chi connectivity index (χ0v) is 17.6. The van der Waals surface area contributed by atoms with Crippen LogP contribution in [-0.4, -0.2) is 20.7 Å². The van der Waals surface area contributed by atoms with Crippen molar-refractivity contribution in [2.24, 2.45) is 0 Å². The van der Waals surface area contributed by atoms with Gasteiger partial charge < -0.3 is 5.32 Å². The molecule has 3 aromatic rings. The molecule has 0 aliphatic heterocycles. The number of hydrogen-bond acceptors (Lipinski definition) is 4. The summed E-state index contributed by atoms with van der Waals surface area (Å²) in [6.45, 7) is 6.25. The number of hydrogen-bond donors (Lipinski definition) is 1. The van der Waals surface area contributed by atoms with Gasteiger partial charge in [-0.3, -0.25) is 14.2 Å². The van der Waals surface area contributed by atoms with E-state index >= 15 is 0 Å². The molecule has 7 heteroatoms. The topological polar surface area (TPSA) is 64.0 Å². The van der Waals surface area contributed by atoms with E-state index in [0.717, 1.165) is 5.56 Å². The maximum absolute atomic E-state index is 12.9. The highest BCUT2D eigenvalue weighted by molar-refractivity contribution is 8.00. The maximum Gasteiger partial charge on any atom is 0.262 e. The number of nitrogens with one attached hydrogen (secondary N) is 1. The maximum atomic E-state index is 12.9. The summed E-state index contributed by atoms with van der Waals surface area (Å²) in [4.78, 5) is 30.3. The van der Waals surface area contributed by atoms with E-state index in [0.29, 0.717) is 39.7 Å². The van der Waals surface area contributed by atoms with E-state index in [4.69, 9.17) is 11.6 Å². The number of rotatable bonds is 6. The molecule has 1 heterocycles. The summed E-state index contributed by atoms with van der Waals surface area (Å²) in [5.74, 6) is -0.136. The van der Waals surface area contributed by atoms with Crippen molar-refractivity contribution in [2.45, 2.75) is 44.1 Å². The molecule has 1 unspecified atom stereocenters. The highest BCUT2D eigenvalue weighted by Crippen LogP contribution is 2.27. The molecular weight excluding hydrogens is 394 g/mol. The first-order valence-electron chi connectivity index (χ1n) is 9.17. The van der Waals surface area contributed by atoms with Crippen molar-refractivity contribution < 1.29 is 4.79 Å². The lowest BCUT2D eigenvalue weighted by Gasteiger charge is -2.18. The summed E-state index contributed by atoms with van der Waals surface area (Å²) < 4.78 is 1.62. The van der Waals surface area contributed by atoms with E-state index in [1.165, 1.54) is 11.8 Å². The van der Waals surface area contributed by atoms with Crippen molar-refractivity contribution >= 4 is 45.9 Å². The monoisotopic (exact) mass is 415 g/mol. The summed E-state index contributed by atoms with van der Waals surface area (Å²) in [6, 6.07) is 12.7. The number of aryl methyl sites for hydroxylation is 1. The first-order chi connectivity index (χ1) is 13.4. The Bertz CT molecular complexity index is 1080. The Morgan fingerprint density at radius 2 is 2.00 bits per heavy atom. The summed E-state index contributed by atoms with van der Waals surface area (Å²) in [7, 11) is 0. The van der Waals surface area contributed by atoms with Gasteiger partial charge in [0.05, 0.1) is 16.2 Å². The third-order valence-corrected chi connectivity index (χ3v) is 6.10. The molecule has 0 saturated carbocycles. The van der Waals surface area contributed by atoms with E-state index in [1.54, 1.807) is 22.8 Å². The molecule has 0 spiro atoms. The van der Waals surface area contributed by atoms with Crippen LogP contribution in [0.2, 0.25) is 5.02 Å². The Kier molecular flexibility index (Phi) is 6.42. The minimum atomic E-state index is -0.385. The average molecular weight is 416 g/mol. The predicted octanol–water partition coefficient (Wildman–Crippen LogP) is 4.89. The van der Waals surface area contributed by atoms with Crippen LogP contribution in [0.1, 0.15) is 25.8 Å². The molecule has 0 radical (unpaired) electrons. The zero-order valence-electron chi connectivity index (χ0n) is 16.0. The molecule has 1 amide bonds. The van der Waals surface area contributed by atoms with E-state index < -0.39 is 0 Å². The molecule has 146 valence electrons. The van der Waals surface area contributed by atoms with Crippen molar-refractivity contribution in [3.8, 4) is 0 Å². The largest absolute Gasteiger partial charge is 0.325 e. The Morgan fingerprint density at radius 3 is 2.71 bits per heavy atom. The minimum absolute atomic E-state index is 0.0865. The summed E-state index contributed by atoms with van der Waals surface area (Å²) in [6.07, 6.45) is 0.600. The molecule has 2 aromatic carbocycles. The van der Waals surface area contributed by atoms with E-state index in [-0.39, 0.29) is 16.7 Å². The van der Waals surface area contributed by atoms with Crippen LogP contribution in [0.5, 0.6) is 0 Å². The first-order valence-corrected chi connectivity index (χ1v) is 10.4. The van der Waals surface area contributed by atoms with Crippen LogP contribution >= 0.6 is 23.4 Å². The Labute approximate surface area is 173 Å². The molecule has 1 aromatic heterocycles. The van der Waals surface area contributed by atoms with Crippen molar-refractivity contribution in [3.63, 3.8) is 0 Å². The second kappa shape index (κ2) is 8.80. The van der Waals surface area contributed by atoms with Gasteiger partial charge in [-0.2, -0.15) is 0 Å². The fourth-order valence-electron chi connectivity index (χ4n) is 2.91. The standard InChI is InChI=1S/C21H22ClN3O2S/c1-4-18(19(26)23-17-12-14(22)11-10-13(17)3)28-21-24-16-9-7-6-8-15(16)20(27)25(21)5-2/h6-12,18H,4-5H2,1-3H3,(H,23,26). The van der Waals surface area contributed by atoms with Gasteiger partial charge in [0.25, 0.3) is 5.56 Å². The highest BCUT2D eigenvalue weighted by atomic mass is 35.5. The third kappa shape index (κ3) is 4.23. The molecule has 28 heavy (non-hydrogen) atoms. The lowest BCUT2D eigenvalue weighted by molar-refractivity contribution is -0.115. The average Bonchev–Trinajstić information content (AvgIpc) is 2.69. The smallest absolute Gasteiger partial charge is 0.262 e. The number of amides is 1. The molecule has 5 nitrogen and oxygen atoms in total. The lowest BCUT2D eigenvalue weighted by Crippen LogP contribution is -2.28. The number of halogens is 1. The van der Waals surface area contributed by atoms with Crippen LogP contribution in [0, 0.1) is 6.92 Å². The Balaban J connectivity index is 1.91. The van der Waals surface area contributed by atoms with E-state index in [9.17, 15) is 9.59 Å². The van der Waals surface area contributed by atoms with Gasteiger partial charge in [-0.25, -0.2) is 4.98 Å². The first kappa shape index (κ1) is 20.4. The predicted molar refractivity (Wildman–Crippen MR) is 116 cm³/mol. The molecule has 1 atom stereocenters. The highest BCUT2D eigenvalue weighted by Gasteiger charge is 2.22. The third-order valence-electron chi connectivity index (χ3n) is 4.51. The molecule has 0 aliphatic rings. The number of fused-ring (bicyclic) bond motifs is 1. The van der Waals surface area contributed by atoms with Crippen LogP contribution in [0.25, 0.3) is 10.9 Å². The lowest BCUT2D eigenvalue weighted by atomic mass is 10.2. The number of benzene rings is 2. The van der Waals surface area contributed by atoms with Gasteiger partial charge in [-0.1, -0.05) is 48.5 Å². The van der Waals surface area contributed by atoms with Gasteiger partial charge in [-0.05, 0) is 50.1 Å². The fourth-order valence-corrected chi connectivity index (χ4v) is 4.16. The number of anilines is 1. The van der Waals surface area contributed by atoms with Crippen molar-refractivity contribution in [2.75, 3.05) is 5.32 Å². The van der Waals surface area contributed by atoms with E-state index in [2.05, 4.69) is 10.3 Å². The second-order valence-corrected chi connectivity index (χ2v) is 8.03.